The molecular formula is C16H24FNO2. The van der Waals surface area contributed by atoms with E-state index in [1.54, 1.807) is 12.1 Å². The third-order valence-corrected chi connectivity index (χ3v) is 3.94. The number of benzene rings is 1. The fraction of sp³-hybridized carbons (Fsp3) is 0.625. The minimum absolute atomic E-state index is 0.198. The molecular weight excluding hydrogens is 257 g/mol. The summed E-state index contributed by atoms with van der Waals surface area (Å²) in [5, 5.41) is 3.46. The first-order chi connectivity index (χ1) is 9.74. The minimum atomic E-state index is -0.292. The van der Waals surface area contributed by atoms with Gasteiger partial charge in [0, 0.05) is 19.3 Å². The lowest BCUT2D eigenvalue weighted by atomic mass is 9.89. The molecule has 0 radical (unpaired) electrons. The van der Waals surface area contributed by atoms with Crippen LogP contribution in [0.15, 0.2) is 18.2 Å². The van der Waals surface area contributed by atoms with Crippen LogP contribution in [-0.2, 0) is 4.74 Å². The molecule has 1 aromatic rings. The Hall–Kier alpha value is -1.13. The minimum Gasteiger partial charge on any atom is -0.494 e. The number of hydrogen-bond acceptors (Lipinski definition) is 3. The third-order valence-electron chi connectivity index (χ3n) is 3.94. The van der Waals surface area contributed by atoms with Crippen molar-refractivity contribution >= 4 is 0 Å². The Kier molecular flexibility index (Phi) is 5.80. The van der Waals surface area contributed by atoms with E-state index >= 15 is 0 Å². The van der Waals surface area contributed by atoms with Crippen LogP contribution in [0.3, 0.4) is 0 Å². The van der Waals surface area contributed by atoms with Crippen LogP contribution in [-0.4, -0.2) is 26.9 Å². The molecule has 1 heterocycles. The molecule has 0 spiro atoms. The molecule has 1 aliphatic heterocycles. The topological polar surface area (TPSA) is 30.5 Å². The molecule has 0 saturated carbocycles. The second-order valence-electron chi connectivity index (χ2n) is 5.30. The van der Waals surface area contributed by atoms with Gasteiger partial charge in [0.2, 0.25) is 0 Å². The van der Waals surface area contributed by atoms with Gasteiger partial charge in [0.05, 0.1) is 7.11 Å². The van der Waals surface area contributed by atoms with Crippen molar-refractivity contribution < 1.29 is 13.9 Å². The van der Waals surface area contributed by atoms with Crippen molar-refractivity contribution in [2.75, 3.05) is 26.9 Å². The lowest BCUT2D eigenvalue weighted by Gasteiger charge is -2.27. The average Bonchev–Trinajstić information content (AvgIpc) is 2.48. The van der Waals surface area contributed by atoms with Crippen LogP contribution >= 0.6 is 0 Å². The van der Waals surface area contributed by atoms with E-state index in [0.29, 0.717) is 11.7 Å². The van der Waals surface area contributed by atoms with Crippen LogP contribution in [0, 0.1) is 11.7 Å². The molecule has 0 bridgehead atoms. The van der Waals surface area contributed by atoms with E-state index in [1.165, 1.54) is 7.11 Å². The zero-order chi connectivity index (χ0) is 14.4. The standard InChI is InChI=1S/C16H24FNO2/c1-3-18-15(10-12-6-8-20-9-7-12)13-4-5-16(19-2)14(17)11-13/h4-5,11-12,15,18H,3,6-10H2,1-2H3. The van der Waals surface area contributed by atoms with Crippen molar-refractivity contribution in [3.05, 3.63) is 29.6 Å². The quantitative estimate of drug-likeness (QED) is 0.868. The van der Waals surface area contributed by atoms with E-state index < -0.39 is 0 Å². The largest absolute Gasteiger partial charge is 0.494 e. The number of ether oxygens (including phenoxy) is 2. The molecule has 2 rings (SSSR count). The Labute approximate surface area is 120 Å². The summed E-state index contributed by atoms with van der Waals surface area (Å²) in [5.74, 6) is 0.660. The summed E-state index contributed by atoms with van der Waals surface area (Å²) in [7, 11) is 1.49. The fourth-order valence-corrected chi connectivity index (χ4v) is 2.80. The van der Waals surface area contributed by atoms with Gasteiger partial charge >= 0.3 is 0 Å². The van der Waals surface area contributed by atoms with Crippen molar-refractivity contribution in [2.24, 2.45) is 5.92 Å². The normalized spacial score (nSPS) is 17.9. The van der Waals surface area contributed by atoms with Gasteiger partial charge in [-0.05, 0) is 49.4 Å². The van der Waals surface area contributed by atoms with Gasteiger partial charge in [-0.25, -0.2) is 4.39 Å². The Morgan fingerprint density at radius 3 is 2.75 bits per heavy atom. The molecule has 112 valence electrons. The number of nitrogens with one attached hydrogen (secondary N) is 1. The molecule has 1 aliphatic rings. The lowest BCUT2D eigenvalue weighted by molar-refractivity contribution is 0.0605. The summed E-state index contributed by atoms with van der Waals surface area (Å²) < 4.78 is 24.2. The summed E-state index contributed by atoms with van der Waals surface area (Å²) in [4.78, 5) is 0. The predicted octanol–water partition coefficient (Wildman–Crippen LogP) is 3.30. The van der Waals surface area contributed by atoms with Crippen LogP contribution < -0.4 is 10.1 Å². The molecule has 3 nitrogen and oxygen atoms in total. The van der Waals surface area contributed by atoms with Crippen molar-refractivity contribution in [1.29, 1.82) is 0 Å². The van der Waals surface area contributed by atoms with Crippen molar-refractivity contribution in [3.8, 4) is 5.75 Å². The highest BCUT2D eigenvalue weighted by Gasteiger charge is 2.20. The Morgan fingerprint density at radius 2 is 2.15 bits per heavy atom. The van der Waals surface area contributed by atoms with Gasteiger partial charge in [0.1, 0.15) is 0 Å². The van der Waals surface area contributed by atoms with Crippen LogP contribution in [0.4, 0.5) is 4.39 Å². The number of hydrogen-bond donors (Lipinski definition) is 1. The lowest BCUT2D eigenvalue weighted by Crippen LogP contribution is -2.26. The van der Waals surface area contributed by atoms with Crippen molar-refractivity contribution in [1.82, 2.24) is 5.32 Å². The Balaban J connectivity index is 2.08. The first kappa shape index (κ1) is 15.3. The molecule has 4 heteroatoms. The van der Waals surface area contributed by atoms with Gasteiger partial charge < -0.3 is 14.8 Å². The highest BCUT2D eigenvalue weighted by atomic mass is 19.1. The van der Waals surface area contributed by atoms with Gasteiger partial charge in [-0.1, -0.05) is 13.0 Å². The second-order valence-corrected chi connectivity index (χ2v) is 5.30. The van der Waals surface area contributed by atoms with Gasteiger partial charge in [0.25, 0.3) is 0 Å². The maximum absolute atomic E-state index is 13.9. The summed E-state index contributed by atoms with van der Waals surface area (Å²) in [5.41, 5.74) is 0.997. The maximum Gasteiger partial charge on any atom is 0.165 e. The van der Waals surface area contributed by atoms with Crippen LogP contribution in [0.25, 0.3) is 0 Å². The van der Waals surface area contributed by atoms with E-state index in [0.717, 1.165) is 44.6 Å². The number of methoxy groups -OCH3 is 1. The van der Waals surface area contributed by atoms with Gasteiger partial charge in [-0.3, -0.25) is 0 Å². The molecule has 1 saturated heterocycles. The molecule has 1 aromatic carbocycles. The second kappa shape index (κ2) is 7.60. The highest BCUT2D eigenvalue weighted by molar-refractivity contribution is 5.31. The van der Waals surface area contributed by atoms with E-state index in [9.17, 15) is 4.39 Å². The first-order valence-corrected chi connectivity index (χ1v) is 7.39. The van der Waals surface area contributed by atoms with E-state index in [1.807, 2.05) is 6.07 Å². The highest BCUT2D eigenvalue weighted by Crippen LogP contribution is 2.29. The molecule has 1 N–H and O–H groups in total. The maximum atomic E-state index is 13.9. The van der Waals surface area contributed by atoms with E-state index in [-0.39, 0.29) is 11.9 Å². The molecule has 0 aromatic heterocycles. The van der Waals surface area contributed by atoms with Crippen molar-refractivity contribution in [2.45, 2.75) is 32.2 Å². The predicted molar refractivity (Wildman–Crippen MR) is 77.5 cm³/mol. The third kappa shape index (κ3) is 3.93. The molecule has 1 fully saturated rings. The smallest absolute Gasteiger partial charge is 0.165 e. The van der Waals surface area contributed by atoms with E-state index in [2.05, 4.69) is 12.2 Å². The van der Waals surface area contributed by atoms with Gasteiger partial charge in [-0.15, -0.1) is 0 Å². The Morgan fingerprint density at radius 1 is 1.40 bits per heavy atom. The first-order valence-electron chi connectivity index (χ1n) is 7.39. The molecule has 1 unspecified atom stereocenters. The van der Waals surface area contributed by atoms with Crippen molar-refractivity contribution in [3.63, 3.8) is 0 Å². The van der Waals surface area contributed by atoms with Crippen LogP contribution in [0.1, 0.15) is 37.8 Å². The van der Waals surface area contributed by atoms with Crippen LogP contribution in [0.2, 0.25) is 0 Å². The summed E-state index contributed by atoms with van der Waals surface area (Å²) in [6.07, 6.45) is 3.23. The number of rotatable bonds is 6. The summed E-state index contributed by atoms with van der Waals surface area (Å²) >= 11 is 0. The van der Waals surface area contributed by atoms with Gasteiger partial charge in [-0.2, -0.15) is 0 Å². The summed E-state index contributed by atoms with van der Waals surface area (Å²) in [6.45, 7) is 4.65. The Bertz CT molecular complexity index is 419. The average molecular weight is 281 g/mol. The molecule has 20 heavy (non-hydrogen) atoms. The monoisotopic (exact) mass is 281 g/mol. The number of halogens is 1. The summed E-state index contributed by atoms with van der Waals surface area (Å²) in [6, 6.07) is 5.45. The van der Waals surface area contributed by atoms with Gasteiger partial charge in [0.15, 0.2) is 11.6 Å². The zero-order valence-electron chi connectivity index (χ0n) is 12.3. The zero-order valence-corrected chi connectivity index (χ0v) is 12.3. The van der Waals surface area contributed by atoms with E-state index in [4.69, 9.17) is 9.47 Å². The molecule has 0 aliphatic carbocycles. The van der Waals surface area contributed by atoms with Crippen LogP contribution in [0.5, 0.6) is 5.75 Å². The molecule has 1 atom stereocenters. The SMILES string of the molecule is CCNC(CC1CCOCC1)c1ccc(OC)c(F)c1. The fourth-order valence-electron chi connectivity index (χ4n) is 2.80. The molecule has 0 amide bonds.